The fourth-order valence-corrected chi connectivity index (χ4v) is 7.70. The van der Waals surface area contributed by atoms with Crippen LogP contribution in [0.4, 0.5) is 5.13 Å². The van der Waals surface area contributed by atoms with Gasteiger partial charge in [0, 0.05) is 27.8 Å². The number of hydrogen-bond donors (Lipinski definition) is 1. The zero-order valence-electron chi connectivity index (χ0n) is 23.5. The number of ketones is 1. The van der Waals surface area contributed by atoms with Gasteiger partial charge < -0.3 is 9.84 Å². The lowest BCUT2D eigenvalue weighted by Crippen LogP contribution is -2.29. The number of carbonyl (C=O) groups excluding carboxylic acids is 2. The summed E-state index contributed by atoms with van der Waals surface area (Å²) in [6, 6.07) is 17.5. The van der Waals surface area contributed by atoms with E-state index in [0.29, 0.717) is 43.6 Å². The largest absolute Gasteiger partial charge is 0.507 e. The van der Waals surface area contributed by atoms with E-state index in [-0.39, 0.29) is 22.6 Å². The van der Waals surface area contributed by atoms with Crippen LogP contribution in [-0.4, -0.2) is 33.1 Å². The molecule has 1 N–H and O–H groups in total. The quantitative estimate of drug-likeness (QED) is 0.0707. The molecule has 2 aliphatic rings. The number of halogens is 2. The fourth-order valence-electron chi connectivity index (χ4n) is 5.27. The van der Waals surface area contributed by atoms with Crippen molar-refractivity contribution >= 4 is 68.9 Å². The molecule has 0 saturated carbocycles. The lowest BCUT2D eigenvalue weighted by Gasteiger charge is -2.23. The van der Waals surface area contributed by atoms with Crippen LogP contribution in [0.5, 0.6) is 5.75 Å². The van der Waals surface area contributed by atoms with E-state index >= 15 is 0 Å². The molecule has 0 aliphatic carbocycles. The van der Waals surface area contributed by atoms with Gasteiger partial charge >= 0.3 is 5.91 Å². The zero-order chi connectivity index (χ0) is 30.4. The van der Waals surface area contributed by atoms with Crippen molar-refractivity contribution in [1.29, 1.82) is 0 Å². The summed E-state index contributed by atoms with van der Waals surface area (Å²) in [7, 11) is 0. The van der Waals surface area contributed by atoms with Crippen molar-refractivity contribution in [3.8, 4) is 5.75 Å². The molecule has 7 nitrogen and oxygen atoms in total. The van der Waals surface area contributed by atoms with E-state index in [1.165, 1.54) is 28.0 Å². The van der Waals surface area contributed by atoms with Crippen molar-refractivity contribution in [1.82, 2.24) is 10.2 Å². The molecule has 1 aromatic heterocycles. The Hall–Kier alpha value is -3.37. The van der Waals surface area contributed by atoms with Gasteiger partial charge in [-0.2, -0.15) is 0 Å². The van der Waals surface area contributed by atoms with E-state index in [1.54, 1.807) is 24.3 Å². The van der Waals surface area contributed by atoms with Gasteiger partial charge in [0.15, 0.2) is 4.34 Å². The summed E-state index contributed by atoms with van der Waals surface area (Å²) >= 11 is 15.0. The summed E-state index contributed by atoms with van der Waals surface area (Å²) in [4.78, 5) is 28.6. The third-order valence-corrected chi connectivity index (χ3v) is 10.2. The Morgan fingerprint density at radius 1 is 1.09 bits per heavy atom. The maximum atomic E-state index is 13.6. The molecule has 4 aromatic rings. The number of aliphatic hydroxyl groups excluding tert-OH is 1. The van der Waals surface area contributed by atoms with E-state index in [0.717, 1.165) is 22.4 Å². The molecule has 1 saturated heterocycles. The predicted octanol–water partition coefficient (Wildman–Crippen LogP) is 8.21. The van der Waals surface area contributed by atoms with Gasteiger partial charge in [-0.15, -0.1) is 10.2 Å². The first-order chi connectivity index (χ1) is 20.6. The minimum absolute atomic E-state index is 0.00607. The summed E-state index contributed by atoms with van der Waals surface area (Å²) in [6.07, 6.45) is 0.717. The molecule has 0 radical (unpaired) electrons. The Kier molecular flexibility index (Phi) is 8.26. The van der Waals surface area contributed by atoms with Gasteiger partial charge in [0.05, 0.1) is 11.6 Å². The van der Waals surface area contributed by atoms with Gasteiger partial charge in [-0.05, 0) is 65.4 Å². The first kappa shape index (κ1) is 29.7. The molecule has 6 rings (SSSR count). The van der Waals surface area contributed by atoms with Crippen molar-refractivity contribution in [2.24, 2.45) is 0 Å². The Labute approximate surface area is 267 Å². The van der Waals surface area contributed by atoms with Crippen LogP contribution >= 0.6 is 46.3 Å². The standard InChI is InChI=1S/C32H27Cl2N3O4S2/c1-16(2)18-4-6-19(7-5-18)27-26(28(38)20-9-11-25-22(13-20)12-17(3)41-25)29(39)30(40)37(27)31-35-36-32(43-31)42-15-21-8-10-23(33)14-24(21)34/h4-11,13-14,16-17,27,38H,12,15H2,1-3H3/b28-26-. The number of fused-ring (bicyclic) bond motifs is 1. The molecule has 0 bridgehead atoms. The number of anilines is 1. The number of carbonyl (C=O) groups is 2. The Morgan fingerprint density at radius 3 is 2.58 bits per heavy atom. The maximum absolute atomic E-state index is 13.6. The number of rotatable bonds is 7. The van der Waals surface area contributed by atoms with Crippen molar-refractivity contribution in [3.63, 3.8) is 0 Å². The number of thioether (sulfide) groups is 1. The van der Waals surface area contributed by atoms with Gasteiger partial charge in [-0.3, -0.25) is 14.5 Å². The molecule has 2 unspecified atom stereocenters. The first-order valence-corrected chi connectivity index (χ1v) is 16.3. The van der Waals surface area contributed by atoms with Gasteiger partial charge in [0.1, 0.15) is 17.6 Å². The lowest BCUT2D eigenvalue weighted by atomic mass is 9.93. The molecule has 43 heavy (non-hydrogen) atoms. The molecule has 11 heteroatoms. The fraction of sp³-hybridized carbons (Fsp3) is 0.250. The van der Waals surface area contributed by atoms with Crippen molar-refractivity contribution < 1.29 is 19.4 Å². The van der Waals surface area contributed by atoms with Crippen LogP contribution in [-0.2, 0) is 21.8 Å². The van der Waals surface area contributed by atoms with E-state index in [4.69, 9.17) is 27.9 Å². The Morgan fingerprint density at radius 2 is 1.86 bits per heavy atom. The Bertz CT molecular complexity index is 1770. The minimum Gasteiger partial charge on any atom is -0.507 e. The molecule has 220 valence electrons. The second-order valence-electron chi connectivity index (χ2n) is 10.8. The van der Waals surface area contributed by atoms with Crippen LogP contribution in [0.15, 0.2) is 70.6 Å². The van der Waals surface area contributed by atoms with Crippen LogP contribution in [0.25, 0.3) is 5.76 Å². The number of benzene rings is 3. The summed E-state index contributed by atoms with van der Waals surface area (Å²) in [5.74, 6) is -0.219. The van der Waals surface area contributed by atoms with Crippen LogP contribution < -0.4 is 9.64 Å². The molecule has 0 spiro atoms. The highest BCUT2D eigenvalue weighted by Gasteiger charge is 2.48. The normalized spacial score (nSPS) is 19.3. The average molecular weight is 653 g/mol. The Balaban J connectivity index is 1.38. The van der Waals surface area contributed by atoms with E-state index in [2.05, 4.69) is 24.0 Å². The van der Waals surface area contributed by atoms with E-state index in [9.17, 15) is 14.7 Å². The summed E-state index contributed by atoms with van der Waals surface area (Å²) in [5, 5.41) is 21.5. The van der Waals surface area contributed by atoms with Gasteiger partial charge in [-0.1, -0.05) is 90.5 Å². The molecule has 3 heterocycles. The number of aromatic nitrogens is 2. The minimum atomic E-state index is -0.888. The second kappa shape index (κ2) is 12.0. The van der Waals surface area contributed by atoms with E-state index in [1.807, 2.05) is 43.3 Å². The monoisotopic (exact) mass is 651 g/mol. The van der Waals surface area contributed by atoms with Crippen LogP contribution in [0, 0.1) is 0 Å². The number of Topliss-reactive ketones (excluding diaryl/α,β-unsaturated/α-hetero) is 1. The summed E-state index contributed by atoms with van der Waals surface area (Å²) in [5.41, 5.74) is 4.07. The highest BCUT2D eigenvalue weighted by atomic mass is 35.5. The maximum Gasteiger partial charge on any atom is 0.301 e. The second-order valence-corrected chi connectivity index (χ2v) is 13.8. The van der Waals surface area contributed by atoms with Gasteiger partial charge in [0.25, 0.3) is 5.78 Å². The number of amides is 1. The predicted molar refractivity (Wildman–Crippen MR) is 171 cm³/mol. The van der Waals surface area contributed by atoms with Crippen LogP contribution in [0.2, 0.25) is 10.0 Å². The highest BCUT2D eigenvalue weighted by Crippen LogP contribution is 2.45. The average Bonchev–Trinajstić information content (AvgIpc) is 3.67. The van der Waals surface area contributed by atoms with Gasteiger partial charge in [-0.25, -0.2) is 0 Å². The molecule has 1 fully saturated rings. The first-order valence-electron chi connectivity index (χ1n) is 13.7. The number of aliphatic hydroxyl groups is 1. The lowest BCUT2D eigenvalue weighted by molar-refractivity contribution is -0.132. The van der Waals surface area contributed by atoms with E-state index < -0.39 is 17.7 Å². The third-order valence-electron chi connectivity index (χ3n) is 7.50. The summed E-state index contributed by atoms with van der Waals surface area (Å²) < 4.78 is 6.41. The molecule has 1 amide bonds. The third kappa shape index (κ3) is 5.79. The molecular weight excluding hydrogens is 625 g/mol. The van der Waals surface area contributed by atoms with Gasteiger partial charge in [0.2, 0.25) is 5.13 Å². The number of nitrogens with zero attached hydrogens (tertiary/aromatic N) is 3. The van der Waals surface area contributed by atoms with Crippen molar-refractivity contribution in [2.75, 3.05) is 4.90 Å². The van der Waals surface area contributed by atoms with Crippen molar-refractivity contribution in [2.45, 2.75) is 55.3 Å². The molecule has 3 aromatic carbocycles. The van der Waals surface area contributed by atoms with Crippen LogP contribution in [0.3, 0.4) is 0 Å². The highest BCUT2D eigenvalue weighted by molar-refractivity contribution is 8.00. The smallest absolute Gasteiger partial charge is 0.301 e. The number of ether oxygens (including phenoxy) is 1. The molecule has 2 atom stereocenters. The molecular formula is C32H27Cl2N3O4S2. The number of hydrogen-bond acceptors (Lipinski definition) is 8. The van der Waals surface area contributed by atoms with Crippen LogP contribution in [0.1, 0.15) is 60.5 Å². The topological polar surface area (TPSA) is 92.6 Å². The molecule has 2 aliphatic heterocycles. The SMILES string of the molecule is CC1Cc2cc(/C(O)=C3/C(=O)C(=O)N(c4nnc(SCc5ccc(Cl)cc5Cl)s4)C3c3ccc(C(C)C)cc3)ccc2O1. The van der Waals surface area contributed by atoms with Crippen molar-refractivity contribution in [3.05, 3.63) is 104 Å². The zero-order valence-corrected chi connectivity index (χ0v) is 26.7. The summed E-state index contributed by atoms with van der Waals surface area (Å²) in [6.45, 7) is 6.17.